The Bertz CT molecular complexity index is 930. The van der Waals surface area contributed by atoms with E-state index < -0.39 is 5.92 Å². The highest BCUT2D eigenvalue weighted by Gasteiger charge is 2.25. The number of nitrogens with zero attached hydrogens (tertiary/aromatic N) is 1. The van der Waals surface area contributed by atoms with Crippen LogP contribution in [-0.2, 0) is 4.79 Å². The van der Waals surface area contributed by atoms with Crippen LogP contribution < -0.4 is 14.8 Å². The lowest BCUT2D eigenvalue weighted by Gasteiger charge is -2.17. The zero-order valence-corrected chi connectivity index (χ0v) is 13.7. The maximum absolute atomic E-state index is 13.3. The van der Waals surface area contributed by atoms with Crippen molar-refractivity contribution in [1.29, 1.82) is 0 Å². The van der Waals surface area contributed by atoms with E-state index in [0.29, 0.717) is 28.4 Å². The van der Waals surface area contributed by atoms with Gasteiger partial charge in [0, 0.05) is 18.0 Å². The Kier molecular flexibility index (Phi) is 4.23. The molecule has 4 rings (SSSR count). The maximum atomic E-state index is 13.3. The molecule has 2 heterocycles. The number of ether oxygens (including phenoxy) is 2. The van der Waals surface area contributed by atoms with Crippen molar-refractivity contribution < 1.29 is 18.7 Å². The van der Waals surface area contributed by atoms with Crippen molar-refractivity contribution in [3.8, 4) is 11.5 Å². The minimum Gasteiger partial charge on any atom is -0.454 e. The first-order chi connectivity index (χ1) is 12.7. The lowest BCUT2D eigenvalue weighted by atomic mass is 9.94. The molecule has 1 aromatic heterocycles. The first-order valence-electron chi connectivity index (χ1n) is 8.07. The molecular formula is C20H15FN2O3. The molecule has 2 aromatic carbocycles. The van der Waals surface area contributed by atoms with Crippen molar-refractivity contribution in [2.45, 2.75) is 5.92 Å². The molecule has 0 spiro atoms. The summed E-state index contributed by atoms with van der Waals surface area (Å²) in [5.74, 6) is -0.0668. The van der Waals surface area contributed by atoms with E-state index in [1.807, 2.05) is 6.07 Å². The van der Waals surface area contributed by atoms with Crippen LogP contribution >= 0.6 is 0 Å². The molecular weight excluding hydrogens is 335 g/mol. The number of benzene rings is 2. The van der Waals surface area contributed by atoms with Gasteiger partial charge in [0.2, 0.25) is 12.7 Å². The fraction of sp³-hybridized carbons (Fsp3) is 0.100. The summed E-state index contributed by atoms with van der Waals surface area (Å²) < 4.78 is 23.9. The number of amides is 1. The topological polar surface area (TPSA) is 60.5 Å². The number of pyridine rings is 1. The van der Waals surface area contributed by atoms with Crippen LogP contribution in [0.3, 0.4) is 0 Å². The summed E-state index contributed by atoms with van der Waals surface area (Å²) in [6.07, 6.45) is 1.62. The second-order valence-corrected chi connectivity index (χ2v) is 5.80. The van der Waals surface area contributed by atoms with Crippen LogP contribution in [0.2, 0.25) is 0 Å². The molecule has 1 aliphatic rings. The summed E-state index contributed by atoms with van der Waals surface area (Å²) in [6, 6.07) is 16.4. The van der Waals surface area contributed by atoms with E-state index >= 15 is 0 Å². The third-order valence-corrected chi connectivity index (χ3v) is 4.09. The van der Waals surface area contributed by atoms with Crippen molar-refractivity contribution in [3.63, 3.8) is 0 Å². The van der Waals surface area contributed by atoms with Crippen LogP contribution in [-0.4, -0.2) is 17.7 Å². The molecule has 0 bridgehead atoms. The highest BCUT2D eigenvalue weighted by molar-refractivity contribution is 5.98. The lowest BCUT2D eigenvalue weighted by Crippen LogP contribution is -2.23. The number of carbonyl (C=O) groups is 1. The van der Waals surface area contributed by atoms with Gasteiger partial charge in [-0.1, -0.05) is 18.2 Å². The molecule has 3 aromatic rings. The fourth-order valence-electron chi connectivity index (χ4n) is 2.85. The third kappa shape index (κ3) is 3.21. The molecule has 1 aliphatic heterocycles. The molecule has 130 valence electrons. The van der Waals surface area contributed by atoms with Gasteiger partial charge in [-0.25, -0.2) is 4.39 Å². The van der Waals surface area contributed by atoms with Crippen molar-refractivity contribution >= 4 is 11.6 Å². The van der Waals surface area contributed by atoms with Gasteiger partial charge in [-0.2, -0.15) is 0 Å². The number of aromatic nitrogens is 1. The second kappa shape index (κ2) is 6.84. The number of rotatable bonds is 4. The highest BCUT2D eigenvalue weighted by Crippen LogP contribution is 2.35. The largest absolute Gasteiger partial charge is 0.454 e. The number of nitrogens with one attached hydrogen (secondary N) is 1. The fourth-order valence-corrected chi connectivity index (χ4v) is 2.85. The zero-order chi connectivity index (χ0) is 17.9. The summed E-state index contributed by atoms with van der Waals surface area (Å²) in [5, 5.41) is 2.88. The Morgan fingerprint density at radius 3 is 2.62 bits per heavy atom. The average Bonchev–Trinajstić information content (AvgIpc) is 3.12. The molecule has 1 atom stereocenters. The molecule has 5 nitrogen and oxygen atoms in total. The van der Waals surface area contributed by atoms with E-state index in [1.54, 1.807) is 48.7 Å². The molecule has 6 heteroatoms. The highest BCUT2D eigenvalue weighted by atomic mass is 19.1. The summed E-state index contributed by atoms with van der Waals surface area (Å²) in [7, 11) is 0. The first kappa shape index (κ1) is 16.1. The number of carbonyl (C=O) groups excluding carboxylic acids is 1. The van der Waals surface area contributed by atoms with Gasteiger partial charge in [0.1, 0.15) is 11.7 Å². The molecule has 0 aliphatic carbocycles. The summed E-state index contributed by atoms with van der Waals surface area (Å²) in [4.78, 5) is 17.3. The molecule has 0 saturated heterocycles. The smallest absolute Gasteiger partial charge is 0.237 e. The normalized spacial score (nSPS) is 13.3. The Labute approximate surface area is 149 Å². The predicted octanol–water partition coefficient (Wildman–Crippen LogP) is 3.72. The molecule has 0 fully saturated rings. The standard InChI is InChI=1S/C20H15FN2O3/c21-14-6-4-13(5-7-14)19(16-3-1-2-10-22-16)20(24)23-15-8-9-17-18(11-15)26-12-25-17/h1-11,19H,12H2,(H,23,24). The number of fused-ring (bicyclic) bond motifs is 1. The first-order valence-corrected chi connectivity index (χ1v) is 8.07. The van der Waals surface area contributed by atoms with Gasteiger partial charge < -0.3 is 14.8 Å². The van der Waals surface area contributed by atoms with E-state index in [9.17, 15) is 9.18 Å². The van der Waals surface area contributed by atoms with Gasteiger partial charge in [0.25, 0.3) is 0 Å². The van der Waals surface area contributed by atoms with Crippen LogP contribution in [0.15, 0.2) is 66.9 Å². The van der Waals surface area contributed by atoms with E-state index in [1.165, 1.54) is 12.1 Å². The number of halogens is 1. The lowest BCUT2D eigenvalue weighted by molar-refractivity contribution is -0.116. The Balaban J connectivity index is 1.65. The Morgan fingerprint density at radius 1 is 1.04 bits per heavy atom. The van der Waals surface area contributed by atoms with Crippen molar-refractivity contribution in [2.24, 2.45) is 0 Å². The molecule has 0 saturated carbocycles. The van der Waals surface area contributed by atoms with Gasteiger partial charge in [-0.3, -0.25) is 9.78 Å². The second-order valence-electron chi connectivity index (χ2n) is 5.80. The van der Waals surface area contributed by atoms with Gasteiger partial charge >= 0.3 is 0 Å². The number of hydrogen-bond acceptors (Lipinski definition) is 4. The van der Waals surface area contributed by atoms with Crippen LogP contribution in [0, 0.1) is 5.82 Å². The Morgan fingerprint density at radius 2 is 1.85 bits per heavy atom. The SMILES string of the molecule is O=C(Nc1ccc2c(c1)OCO2)C(c1ccc(F)cc1)c1ccccn1. The van der Waals surface area contributed by atoms with E-state index in [4.69, 9.17) is 9.47 Å². The molecule has 1 N–H and O–H groups in total. The van der Waals surface area contributed by atoms with E-state index in [0.717, 1.165) is 0 Å². The van der Waals surface area contributed by atoms with E-state index in [2.05, 4.69) is 10.3 Å². The van der Waals surface area contributed by atoms with Gasteiger partial charge in [0.05, 0.1) is 5.69 Å². The third-order valence-electron chi connectivity index (χ3n) is 4.09. The van der Waals surface area contributed by atoms with E-state index in [-0.39, 0.29) is 18.5 Å². The molecule has 0 radical (unpaired) electrons. The van der Waals surface area contributed by atoms with Crippen LogP contribution in [0.4, 0.5) is 10.1 Å². The minimum atomic E-state index is -0.665. The zero-order valence-electron chi connectivity index (χ0n) is 13.7. The summed E-state index contributed by atoms with van der Waals surface area (Å²) in [6.45, 7) is 0.166. The number of hydrogen-bond donors (Lipinski definition) is 1. The van der Waals surface area contributed by atoms with Crippen molar-refractivity contribution in [3.05, 3.63) is 83.9 Å². The summed E-state index contributed by atoms with van der Waals surface area (Å²) in [5.41, 5.74) is 1.82. The van der Waals surface area contributed by atoms with Crippen LogP contribution in [0.25, 0.3) is 0 Å². The molecule has 26 heavy (non-hydrogen) atoms. The van der Waals surface area contributed by atoms with Crippen LogP contribution in [0.1, 0.15) is 17.2 Å². The average molecular weight is 350 g/mol. The van der Waals surface area contributed by atoms with Gasteiger partial charge in [0.15, 0.2) is 11.5 Å². The van der Waals surface area contributed by atoms with Crippen molar-refractivity contribution in [2.75, 3.05) is 12.1 Å². The predicted molar refractivity (Wildman–Crippen MR) is 93.7 cm³/mol. The molecule has 1 amide bonds. The van der Waals surface area contributed by atoms with Crippen molar-refractivity contribution in [1.82, 2.24) is 4.98 Å². The maximum Gasteiger partial charge on any atom is 0.237 e. The monoisotopic (exact) mass is 350 g/mol. The van der Waals surface area contributed by atoms with Crippen LogP contribution in [0.5, 0.6) is 11.5 Å². The summed E-state index contributed by atoms with van der Waals surface area (Å²) >= 11 is 0. The van der Waals surface area contributed by atoms with Gasteiger partial charge in [-0.15, -0.1) is 0 Å². The number of anilines is 1. The molecule has 1 unspecified atom stereocenters. The Hall–Kier alpha value is -3.41. The minimum absolute atomic E-state index is 0.166. The van der Waals surface area contributed by atoms with Gasteiger partial charge in [-0.05, 0) is 42.0 Å². The quantitative estimate of drug-likeness (QED) is 0.779.